The van der Waals surface area contributed by atoms with E-state index in [0.717, 1.165) is 5.56 Å². The minimum atomic E-state index is -3.67. The molecule has 0 radical (unpaired) electrons. The molecule has 0 bridgehead atoms. The Morgan fingerprint density at radius 3 is 2.64 bits per heavy atom. The van der Waals surface area contributed by atoms with Gasteiger partial charge in [-0.3, -0.25) is 0 Å². The lowest BCUT2D eigenvalue weighted by Crippen LogP contribution is -2.36. The number of methoxy groups -OCH3 is 1. The maximum atomic E-state index is 13.4. The zero-order chi connectivity index (χ0) is 20.3. The fraction of sp³-hybridized carbons (Fsp3) is 0.526. The summed E-state index contributed by atoms with van der Waals surface area (Å²) in [5, 5.41) is 3.46. The second-order valence-corrected chi connectivity index (χ2v) is 9.27. The van der Waals surface area contributed by atoms with E-state index in [4.69, 9.17) is 4.74 Å². The Labute approximate surface area is 165 Å². The molecule has 2 aromatic rings. The highest BCUT2D eigenvalue weighted by atomic mass is 32.2. The summed E-state index contributed by atoms with van der Waals surface area (Å²) in [7, 11) is -0.287. The smallest absolute Gasteiger partial charge is 0.262 e. The average Bonchev–Trinajstić information content (AvgIpc) is 3.28. The molecule has 1 aromatic heterocycles. The van der Waals surface area contributed by atoms with Gasteiger partial charge in [0.05, 0.1) is 12.9 Å². The first-order valence-electron chi connectivity index (χ1n) is 9.27. The number of nitrogens with one attached hydrogen (secondary N) is 1. The molecule has 28 heavy (non-hydrogen) atoms. The number of imidazole rings is 1. The van der Waals surface area contributed by atoms with Gasteiger partial charge in [0, 0.05) is 51.9 Å². The third-order valence-corrected chi connectivity index (χ3v) is 6.85. The largest absolute Gasteiger partial charge is 0.383 e. The van der Waals surface area contributed by atoms with E-state index in [1.54, 1.807) is 30.9 Å². The molecule has 9 heteroatoms. The van der Waals surface area contributed by atoms with Crippen LogP contribution in [0.5, 0.6) is 0 Å². The molecule has 1 aliphatic heterocycles. The summed E-state index contributed by atoms with van der Waals surface area (Å²) in [6.07, 6.45) is 2.99. The monoisotopic (exact) mass is 410 g/mol. The van der Waals surface area contributed by atoms with Crippen molar-refractivity contribution >= 4 is 10.0 Å². The van der Waals surface area contributed by atoms with E-state index in [1.807, 2.05) is 6.92 Å². The molecule has 154 valence electrons. The van der Waals surface area contributed by atoms with Crippen molar-refractivity contribution in [2.45, 2.75) is 23.9 Å². The van der Waals surface area contributed by atoms with Crippen LogP contribution in [0.3, 0.4) is 0 Å². The lowest BCUT2D eigenvalue weighted by atomic mass is 9.89. The first-order valence-corrected chi connectivity index (χ1v) is 10.7. The van der Waals surface area contributed by atoms with Crippen molar-refractivity contribution in [1.82, 2.24) is 19.2 Å². The predicted molar refractivity (Wildman–Crippen MR) is 104 cm³/mol. The lowest BCUT2D eigenvalue weighted by Gasteiger charge is -2.21. The summed E-state index contributed by atoms with van der Waals surface area (Å²) in [5.74, 6) is -0.271. The molecule has 0 aliphatic carbocycles. The molecule has 0 saturated carbocycles. The zero-order valence-electron chi connectivity index (χ0n) is 16.4. The van der Waals surface area contributed by atoms with Gasteiger partial charge in [-0.25, -0.2) is 17.8 Å². The first-order chi connectivity index (χ1) is 13.3. The number of ether oxygens (including phenoxy) is 1. The molecule has 1 fully saturated rings. The van der Waals surface area contributed by atoms with Crippen LogP contribution in [0.4, 0.5) is 4.39 Å². The second-order valence-electron chi connectivity index (χ2n) is 7.38. The van der Waals surface area contributed by atoms with Crippen LogP contribution in [0.1, 0.15) is 18.4 Å². The fourth-order valence-electron chi connectivity index (χ4n) is 3.64. The minimum absolute atomic E-state index is 0.0265. The summed E-state index contributed by atoms with van der Waals surface area (Å²) >= 11 is 0. The quantitative estimate of drug-likeness (QED) is 0.715. The standard InChI is InChI=1S/C19H27FN4O3S/c1-14(12-27-3)21-8-16-9-24(28(25,26)19-11-23(2)13-22-19)10-18(16)15-4-6-17(20)7-5-15/h4-7,11,13-14,16,18,21H,8-10,12H2,1-3H3/t14-,16+,18-/m0/s1. The Hall–Kier alpha value is -1.81. The van der Waals surface area contributed by atoms with E-state index in [0.29, 0.717) is 26.2 Å². The lowest BCUT2D eigenvalue weighted by molar-refractivity contribution is 0.169. The highest BCUT2D eigenvalue weighted by molar-refractivity contribution is 7.89. The van der Waals surface area contributed by atoms with Crippen LogP contribution in [0, 0.1) is 11.7 Å². The zero-order valence-corrected chi connectivity index (χ0v) is 17.2. The number of hydrogen-bond donors (Lipinski definition) is 1. The topological polar surface area (TPSA) is 76.5 Å². The molecule has 3 atom stereocenters. The molecule has 1 aliphatic rings. The van der Waals surface area contributed by atoms with Gasteiger partial charge in [-0.2, -0.15) is 4.31 Å². The van der Waals surface area contributed by atoms with Gasteiger partial charge >= 0.3 is 0 Å². The van der Waals surface area contributed by atoms with E-state index >= 15 is 0 Å². The Kier molecular flexibility index (Phi) is 6.49. The van der Waals surface area contributed by atoms with Gasteiger partial charge < -0.3 is 14.6 Å². The van der Waals surface area contributed by atoms with Gasteiger partial charge in [-0.15, -0.1) is 0 Å². The average molecular weight is 411 g/mol. The van der Waals surface area contributed by atoms with Gasteiger partial charge in [-0.1, -0.05) is 12.1 Å². The Balaban J connectivity index is 1.82. The van der Waals surface area contributed by atoms with Crippen LogP contribution in [-0.2, 0) is 21.8 Å². The van der Waals surface area contributed by atoms with E-state index in [1.165, 1.54) is 29.0 Å². The van der Waals surface area contributed by atoms with Crippen molar-refractivity contribution in [2.75, 3.05) is 33.4 Å². The van der Waals surface area contributed by atoms with Crippen LogP contribution >= 0.6 is 0 Å². The van der Waals surface area contributed by atoms with Crippen molar-refractivity contribution in [3.05, 3.63) is 48.2 Å². The number of benzene rings is 1. The predicted octanol–water partition coefficient (Wildman–Crippen LogP) is 1.59. The molecule has 7 nitrogen and oxygen atoms in total. The number of sulfonamides is 1. The van der Waals surface area contributed by atoms with E-state index in [9.17, 15) is 12.8 Å². The van der Waals surface area contributed by atoms with Gasteiger partial charge in [0.1, 0.15) is 5.82 Å². The van der Waals surface area contributed by atoms with Crippen LogP contribution in [0.25, 0.3) is 0 Å². The van der Waals surface area contributed by atoms with Gasteiger partial charge in [0.25, 0.3) is 10.0 Å². The first kappa shape index (κ1) is 20.9. The number of aryl methyl sites for hydroxylation is 1. The van der Waals surface area contributed by atoms with Crippen molar-refractivity contribution in [3.8, 4) is 0 Å². The van der Waals surface area contributed by atoms with E-state index < -0.39 is 10.0 Å². The molecule has 3 rings (SSSR count). The number of rotatable bonds is 8. The highest BCUT2D eigenvalue weighted by Gasteiger charge is 2.40. The van der Waals surface area contributed by atoms with E-state index in [2.05, 4.69) is 10.3 Å². The third kappa shape index (κ3) is 4.60. The van der Waals surface area contributed by atoms with Gasteiger partial charge in [0.15, 0.2) is 5.03 Å². The normalized spacial score (nSPS) is 21.9. The van der Waals surface area contributed by atoms with E-state index in [-0.39, 0.29) is 28.7 Å². The molecule has 0 unspecified atom stereocenters. The number of nitrogens with zero attached hydrogens (tertiary/aromatic N) is 3. The van der Waals surface area contributed by atoms with Crippen molar-refractivity contribution in [1.29, 1.82) is 0 Å². The Bertz CT molecular complexity index is 885. The summed E-state index contributed by atoms with van der Waals surface area (Å²) in [6, 6.07) is 6.47. The maximum absolute atomic E-state index is 13.4. The highest BCUT2D eigenvalue weighted by Crippen LogP contribution is 2.35. The minimum Gasteiger partial charge on any atom is -0.383 e. The molecule has 2 heterocycles. The molecular weight excluding hydrogens is 383 g/mol. The Morgan fingerprint density at radius 2 is 2.04 bits per heavy atom. The van der Waals surface area contributed by atoms with Crippen LogP contribution in [0.2, 0.25) is 0 Å². The van der Waals surface area contributed by atoms with Crippen LogP contribution in [-0.4, -0.2) is 61.7 Å². The SMILES string of the molecule is COC[C@H](C)NC[C@@H]1CN(S(=O)(=O)c2cn(C)cn2)C[C@H]1c1ccc(F)cc1. The number of aromatic nitrogens is 2. The van der Waals surface area contributed by atoms with Crippen LogP contribution in [0.15, 0.2) is 41.8 Å². The van der Waals surface area contributed by atoms with Gasteiger partial charge in [-0.05, 0) is 30.5 Å². The summed E-state index contributed by atoms with van der Waals surface area (Å²) in [5.41, 5.74) is 0.936. The van der Waals surface area contributed by atoms with Crippen molar-refractivity contribution in [3.63, 3.8) is 0 Å². The Morgan fingerprint density at radius 1 is 1.32 bits per heavy atom. The number of hydrogen-bond acceptors (Lipinski definition) is 5. The summed E-state index contributed by atoms with van der Waals surface area (Å²) in [4.78, 5) is 4.02. The molecule has 0 spiro atoms. The van der Waals surface area contributed by atoms with Crippen molar-refractivity contribution in [2.24, 2.45) is 13.0 Å². The molecule has 1 N–H and O–H groups in total. The van der Waals surface area contributed by atoms with Gasteiger partial charge in [0.2, 0.25) is 0 Å². The number of halogens is 1. The van der Waals surface area contributed by atoms with Crippen LogP contribution < -0.4 is 5.32 Å². The van der Waals surface area contributed by atoms with Crippen molar-refractivity contribution < 1.29 is 17.5 Å². The fourth-order valence-corrected chi connectivity index (χ4v) is 5.13. The molecule has 1 aromatic carbocycles. The summed E-state index contributed by atoms with van der Waals surface area (Å²) in [6.45, 7) is 3.96. The maximum Gasteiger partial charge on any atom is 0.262 e. The molecular formula is C19H27FN4O3S. The molecule has 0 amide bonds. The second kappa shape index (κ2) is 8.69. The molecule has 1 saturated heterocycles. The summed E-state index contributed by atoms with van der Waals surface area (Å²) < 4.78 is 47.6. The third-order valence-electron chi connectivity index (χ3n) is 5.14.